The standard InChI is InChI=1S/C14H18N6O8S2/c1-16-4-7-9(11(22)20(7)30(25,26)27)18-10(21)8(6-5-29-13(15)17-6)19-28-14(2-3-14)12(23)24/h5,7,9,16H,2-4H2,1H3,(H2,15,17)(H,18,21)(H,23,24)(H,25,26,27)/b19-8-. The minimum Gasteiger partial charge on any atom is -0.478 e. The molecule has 2 unspecified atom stereocenters. The fourth-order valence-corrected chi connectivity index (χ4v) is 4.20. The molecule has 2 amide bonds. The van der Waals surface area contributed by atoms with Crippen LogP contribution in [0.15, 0.2) is 10.5 Å². The van der Waals surface area contributed by atoms with Crippen molar-refractivity contribution in [1.82, 2.24) is 19.9 Å². The van der Waals surface area contributed by atoms with Crippen LogP contribution in [0, 0.1) is 0 Å². The number of aliphatic carboxylic acids is 1. The first-order valence-corrected chi connectivity index (χ1v) is 10.7. The molecule has 2 heterocycles. The van der Waals surface area contributed by atoms with Gasteiger partial charge in [-0.15, -0.1) is 11.3 Å². The van der Waals surface area contributed by atoms with Crippen LogP contribution in [0.25, 0.3) is 0 Å². The van der Waals surface area contributed by atoms with Crippen LogP contribution in [0.5, 0.6) is 0 Å². The van der Waals surface area contributed by atoms with E-state index in [1.165, 1.54) is 12.4 Å². The Balaban J connectivity index is 1.83. The highest BCUT2D eigenvalue weighted by atomic mass is 32.2. The lowest BCUT2D eigenvalue weighted by atomic mass is 9.98. The lowest BCUT2D eigenvalue weighted by Crippen LogP contribution is -2.74. The van der Waals surface area contributed by atoms with Crippen LogP contribution < -0.4 is 16.4 Å². The van der Waals surface area contributed by atoms with E-state index in [0.29, 0.717) is 0 Å². The van der Waals surface area contributed by atoms with Crippen LogP contribution >= 0.6 is 11.3 Å². The Kier molecular flexibility index (Phi) is 5.68. The van der Waals surface area contributed by atoms with Crippen molar-refractivity contribution in [3.05, 3.63) is 11.1 Å². The number of nitrogens with two attached hydrogens (primary N) is 1. The second kappa shape index (κ2) is 7.78. The maximum absolute atomic E-state index is 12.8. The number of carboxylic acid groups (broad SMARTS) is 1. The third-order valence-electron chi connectivity index (χ3n) is 4.50. The smallest absolute Gasteiger partial charge is 0.362 e. The lowest BCUT2D eigenvalue weighted by Gasteiger charge is -2.44. The van der Waals surface area contributed by atoms with Gasteiger partial charge in [0, 0.05) is 24.8 Å². The van der Waals surface area contributed by atoms with Crippen LogP contribution in [-0.2, 0) is 29.5 Å². The highest BCUT2D eigenvalue weighted by Crippen LogP contribution is 2.40. The number of amides is 2. The average molecular weight is 462 g/mol. The maximum Gasteiger partial charge on any atom is 0.362 e. The summed E-state index contributed by atoms with van der Waals surface area (Å²) in [7, 11) is -3.32. The molecule has 164 valence electrons. The minimum absolute atomic E-state index is 0.0141. The van der Waals surface area contributed by atoms with Crippen LogP contribution in [0.2, 0.25) is 0 Å². The first kappa shape index (κ1) is 21.9. The van der Waals surface area contributed by atoms with Crippen molar-refractivity contribution >= 4 is 50.3 Å². The van der Waals surface area contributed by atoms with Gasteiger partial charge in [-0.05, 0) is 7.05 Å². The molecule has 0 bridgehead atoms. The van der Waals surface area contributed by atoms with Gasteiger partial charge in [0.1, 0.15) is 11.7 Å². The van der Waals surface area contributed by atoms with Gasteiger partial charge in [-0.3, -0.25) is 14.1 Å². The summed E-state index contributed by atoms with van der Waals surface area (Å²) in [4.78, 5) is 45.2. The Morgan fingerprint density at radius 3 is 2.63 bits per heavy atom. The van der Waals surface area contributed by atoms with E-state index >= 15 is 0 Å². The molecule has 2 atom stereocenters. The fraction of sp³-hybridized carbons (Fsp3) is 0.500. The van der Waals surface area contributed by atoms with Crippen molar-refractivity contribution < 1.29 is 37.3 Å². The summed E-state index contributed by atoms with van der Waals surface area (Å²) in [6.45, 7) is -0.0504. The van der Waals surface area contributed by atoms with Crippen LogP contribution in [0.3, 0.4) is 0 Å². The monoisotopic (exact) mass is 462 g/mol. The van der Waals surface area contributed by atoms with E-state index < -0.39 is 51.5 Å². The SMILES string of the molecule is CNCC1C(NC(=O)/C(=N\OC2(C(=O)O)CC2)c2csc(N)n2)C(=O)N1S(=O)(=O)O. The first-order valence-electron chi connectivity index (χ1n) is 8.47. The molecular formula is C14H18N6O8S2. The average Bonchev–Trinajstić information content (AvgIpc) is 3.33. The van der Waals surface area contributed by atoms with E-state index in [9.17, 15) is 32.5 Å². The largest absolute Gasteiger partial charge is 0.478 e. The Bertz CT molecular complexity index is 1020. The molecule has 1 aromatic heterocycles. The van der Waals surface area contributed by atoms with Crippen LogP contribution in [0.4, 0.5) is 5.13 Å². The highest BCUT2D eigenvalue weighted by molar-refractivity contribution is 7.84. The summed E-state index contributed by atoms with van der Waals surface area (Å²) in [5, 5.41) is 19.3. The number of carbonyl (C=O) groups excluding carboxylic acids is 2. The van der Waals surface area contributed by atoms with Crippen LogP contribution in [-0.4, -0.2) is 82.1 Å². The molecule has 3 rings (SSSR count). The summed E-state index contributed by atoms with van der Waals surface area (Å²) in [6.07, 6.45) is 0.406. The van der Waals surface area contributed by atoms with Crippen molar-refractivity contribution in [2.75, 3.05) is 19.3 Å². The van der Waals surface area contributed by atoms with Gasteiger partial charge in [-0.1, -0.05) is 5.16 Å². The number of carboxylic acids is 1. The number of nitrogens with one attached hydrogen (secondary N) is 2. The van der Waals surface area contributed by atoms with E-state index in [2.05, 4.69) is 20.8 Å². The number of anilines is 1. The van der Waals surface area contributed by atoms with Gasteiger partial charge in [-0.25, -0.2) is 14.1 Å². The number of nitrogen functional groups attached to an aromatic ring is 1. The molecule has 1 saturated heterocycles. The number of aromatic nitrogens is 1. The first-order chi connectivity index (χ1) is 14.0. The fourth-order valence-electron chi connectivity index (χ4n) is 2.77. The van der Waals surface area contributed by atoms with E-state index in [0.717, 1.165) is 11.3 Å². The molecule has 2 fully saturated rings. The Morgan fingerprint density at radius 2 is 2.17 bits per heavy atom. The second-order valence-electron chi connectivity index (χ2n) is 6.59. The summed E-state index contributed by atoms with van der Waals surface area (Å²) in [6, 6.07) is -2.37. The molecule has 0 radical (unpaired) electrons. The number of likely N-dealkylation sites (N-methyl/N-ethyl adjacent to an activating group) is 1. The number of carbonyl (C=O) groups is 3. The summed E-state index contributed by atoms with van der Waals surface area (Å²) < 4.78 is 32.2. The zero-order valence-corrected chi connectivity index (χ0v) is 17.1. The van der Waals surface area contributed by atoms with Crippen molar-refractivity contribution in [2.45, 2.75) is 30.5 Å². The van der Waals surface area contributed by atoms with E-state index in [1.54, 1.807) is 0 Å². The van der Waals surface area contributed by atoms with Gasteiger partial charge in [-0.2, -0.15) is 8.42 Å². The molecule has 1 aliphatic carbocycles. The third kappa shape index (κ3) is 4.07. The van der Waals surface area contributed by atoms with Gasteiger partial charge < -0.3 is 26.3 Å². The van der Waals surface area contributed by atoms with Gasteiger partial charge >= 0.3 is 16.3 Å². The number of oxime groups is 1. The van der Waals surface area contributed by atoms with E-state index in [-0.39, 0.29) is 34.5 Å². The predicted molar refractivity (Wildman–Crippen MR) is 102 cm³/mol. The van der Waals surface area contributed by atoms with E-state index in [1.807, 2.05) is 0 Å². The highest BCUT2D eigenvalue weighted by Gasteiger charge is 2.55. The molecule has 2 aliphatic rings. The lowest BCUT2D eigenvalue weighted by molar-refractivity contribution is -0.153. The van der Waals surface area contributed by atoms with Gasteiger partial charge in [0.2, 0.25) is 5.60 Å². The molecule has 14 nitrogen and oxygen atoms in total. The van der Waals surface area contributed by atoms with Gasteiger partial charge in [0.15, 0.2) is 10.8 Å². The molecule has 6 N–H and O–H groups in total. The number of thiazole rings is 1. The zero-order chi connectivity index (χ0) is 22.3. The Morgan fingerprint density at radius 1 is 1.50 bits per heavy atom. The molecule has 1 saturated carbocycles. The number of hydrogen-bond donors (Lipinski definition) is 5. The zero-order valence-electron chi connectivity index (χ0n) is 15.4. The predicted octanol–water partition coefficient (Wildman–Crippen LogP) is -2.22. The molecule has 1 aliphatic heterocycles. The second-order valence-corrected chi connectivity index (χ2v) is 8.77. The third-order valence-corrected chi connectivity index (χ3v) is 6.12. The molecule has 30 heavy (non-hydrogen) atoms. The van der Waals surface area contributed by atoms with Crippen molar-refractivity contribution in [3.63, 3.8) is 0 Å². The van der Waals surface area contributed by atoms with Gasteiger partial charge in [0.25, 0.3) is 11.8 Å². The van der Waals surface area contributed by atoms with Gasteiger partial charge in [0.05, 0.1) is 6.04 Å². The molecule has 0 spiro atoms. The molecular weight excluding hydrogens is 444 g/mol. The summed E-state index contributed by atoms with van der Waals surface area (Å²) in [5.74, 6) is -3.25. The molecule has 0 aromatic carbocycles. The Labute approximate surface area is 173 Å². The van der Waals surface area contributed by atoms with Crippen LogP contribution in [0.1, 0.15) is 18.5 Å². The summed E-state index contributed by atoms with van der Waals surface area (Å²) >= 11 is 0.993. The quantitative estimate of drug-likeness (QED) is 0.115. The van der Waals surface area contributed by atoms with Crippen molar-refractivity contribution in [3.8, 4) is 0 Å². The molecule has 1 aromatic rings. The normalized spacial score (nSPS) is 22.9. The number of rotatable bonds is 9. The van der Waals surface area contributed by atoms with Crippen molar-refractivity contribution in [1.29, 1.82) is 0 Å². The Hall–Kier alpha value is -2.82. The number of hydrogen-bond acceptors (Lipinski definition) is 11. The summed E-state index contributed by atoms with van der Waals surface area (Å²) in [5.41, 5.74) is 3.59. The van der Waals surface area contributed by atoms with Crippen molar-refractivity contribution in [2.24, 2.45) is 5.16 Å². The minimum atomic E-state index is -4.81. The maximum atomic E-state index is 12.8. The van der Waals surface area contributed by atoms with E-state index in [4.69, 9.17) is 10.6 Å². The molecule has 16 heteroatoms. The topological polar surface area (TPSA) is 214 Å². The number of β-lactam (4-membered cyclic amide) rings is 1. The number of nitrogens with zero attached hydrogens (tertiary/aromatic N) is 3.